The molecule has 1 aliphatic heterocycles. The van der Waals surface area contributed by atoms with Crippen molar-refractivity contribution in [2.24, 2.45) is 0 Å². The van der Waals surface area contributed by atoms with Gasteiger partial charge in [-0.1, -0.05) is 11.6 Å². The van der Waals surface area contributed by atoms with Crippen LogP contribution >= 0.6 is 11.6 Å². The van der Waals surface area contributed by atoms with Gasteiger partial charge in [0, 0.05) is 37.4 Å². The second-order valence-electron chi connectivity index (χ2n) is 5.86. The Labute approximate surface area is 115 Å². The van der Waals surface area contributed by atoms with E-state index in [4.69, 9.17) is 17.3 Å². The van der Waals surface area contributed by atoms with Crippen LogP contribution in [0.2, 0.25) is 5.02 Å². The zero-order chi connectivity index (χ0) is 13.3. The quantitative estimate of drug-likeness (QED) is 0.795. The molecule has 1 fully saturated rings. The normalized spacial score (nSPS) is 18.1. The van der Waals surface area contributed by atoms with E-state index >= 15 is 0 Å². The van der Waals surface area contributed by atoms with Crippen molar-refractivity contribution in [3.05, 3.63) is 23.2 Å². The number of nitrogen functional groups attached to an aromatic ring is 1. The minimum Gasteiger partial charge on any atom is -0.399 e. The molecule has 1 heterocycles. The number of anilines is 2. The summed E-state index contributed by atoms with van der Waals surface area (Å²) in [6.07, 6.45) is 0. The summed E-state index contributed by atoms with van der Waals surface area (Å²) in [5, 5.41) is 0.749. The Morgan fingerprint density at radius 1 is 1.11 bits per heavy atom. The van der Waals surface area contributed by atoms with E-state index in [0.29, 0.717) is 0 Å². The summed E-state index contributed by atoms with van der Waals surface area (Å²) >= 11 is 6.25. The summed E-state index contributed by atoms with van der Waals surface area (Å²) in [6.45, 7) is 11.0. The first-order valence-corrected chi connectivity index (χ1v) is 6.81. The molecule has 0 aliphatic carbocycles. The largest absolute Gasteiger partial charge is 0.399 e. The van der Waals surface area contributed by atoms with Gasteiger partial charge in [0.2, 0.25) is 0 Å². The average molecular weight is 268 g/mol. The molecule has 2 rings (SSSR count). The first kappa shape index (κ1) is 13.5. The third kappa shape index (κ3) is 2.90. The SMILES string of the molecule is CC(C)(C)N1CCN(c2ccc(N)cc2Cl)CC1. The van der Waals surface area contributed by atoms with Crippen molar-refractivity contribution in [1.82, 2.24) is 4.90 Å². The third-order valence-electron chi connectivity index (χ3n) is 3.54. The first-order chi connectivity index (χ1) is 8.38. The standard InChI is InChI=1S/C14H22ClN3/c1-14(2,3)18-8-6-17(7-9-18)13-5-4-11(16)10-12(13)15/h4-5,10H,6-9,16H2,1-3H3. The van der Waals surface area contributed by atoms with E-state index in [0.717, 1.165) is 42.6 Å². The monoisotopic (exact) mass is 267 g/mol. The Morgan fingerprint density at radius 3 is 2.22 bits per heavy atom. The number of benzene rings is 1. The number of rotatable bonds is 1. The molecule has 0 radical (unpaired) electrons. The fourth-order valence-corrected chi connectivity index (χ4v) is 2.71. The molecule has 0 spiro atoms. The van der Waals surface area contributed by atoms with Crippen LogP contribution in [0.1, 0.15) is 20.8 Å². The lowest BCUT2D eigenvalue weighted by molar-refractivity contribution is 0.128. The summed E-state index contributed by atoms with van der Waals surface area (Å²) in [4.78, 5) is 4.85. The fraction of sp³-hybridized carbons (Fsp3) is 0.571. The molecular formula is C14H22ClN3. The maximum atomic E-state index is 6.25. The molecule has 0 atom stereocenters. The van der Waals surface area contributed by atoms with Gasteiger partial charge in [-0.25, -0.2) is 0 Å². The van der Waals surface area contributed by atoms with Gasteiger partial charge in [0.25, 0.3) is 0 Å². The van der Waals surface area contributed by atoms with Gasteiger partial charge >= 0.3 is 0 Å². The van der Waals surface area contributed by atoms with Crippen LogP contribution in [0, 0.1) is 0 Å². The number of nitrogens with two attached hydrogens (primary N) is 1. The fourth-order valence-electron chi connectivity index (χ4n) is 2.40. The minimum atomic E-state index is 0.247. The van der Waals surface area contributed by atoms with Gasteiger partial charge in [-0.3, -0.25) is 4.90 Å². The van der Waals surface area contributed by atoms with E-state index in [1.54, 1.807) is 0 Å². The van der Waals surface area contributed by atoms with Crippen molar-refractivity contribution in [2.75, 3.05) is 36.8 Å². The molecule has 100 valence electrons. The molecule has 18 heavy (non-hydrogen) atoms. The van der Waals surface area contributed by atoms with Crippen molar-refractivity contribution in [3.63, 3.8) is 0 Å². The number of nitrogens with zero attached hydrogens (tertiary/aromatic N) is 2. The molecule has 0 amide bonds. The number of hydrogen-bond acceptors (Lipinski definition) is 3. The molecule has 0 aromatic heterocycles. The number of piperazine rings is 1. The number of halogens is 1. The van der Waals surface area contributed by atoms with Crippen LogP contribution in [0.3, 0.4) is 0 Å². The van der Waals surface area contributed by atoms with Crippen molar-refractivity contribution in [1.29, 1.82) is 0 Å². The highest BCUT2D eigenvalue weighted by molar-refractivity contribution is 6.33. The summed E-state index contributed by atoms with van der Waals surface area (Å²) < 4.78 is 0. The Bertz CT molecular complexity index is 418. The van der Waals surface area contributed by atoms with E-state index in [2.05, 4.69) is 30.6 Å². The van der Waals surface area contributed by atoms with E-state index in [9.17, 15) is 0 Å². The van der Waals surface area contributed by atoms with Crippen LogP contribution in [-0.2, 0) is 0 Å². The van der Waals surface area contributed by atoms with Crippen LogP contribution in [-0.4, -0.2) is 36.6 Å². The van der Waals surface area contributed by atoms with Gasteiger partial charge in [0.05, 0.1) is 10.7 Å². The van der Waals surface area contributed by atoms with Crippen LogP contribution < -0.4 is 10.6 Å². The predicted molar refractivity (Wildman–Crippen MR) is 79.4 cm³/mol. The Kier molecular flexibility index (Phi) is 3.74. The average Bonchev–Trinajstić information content (AvgIpc) is 2.28. The second kappa shape index (κ2) is 4.98. The maximum Gasteiger partial charge on any atom is 0.0660 e. The minimum absolute atomic E-state index is 0.247. The van der Waals surface area contributed by atoms with Crippen molar-refractivity contribution in [2.45, 2.75) is 26.3 Å². The first-order valence-electron chi connectivity index (χ1n) is 6.43. The highest BCUT2D eigenvalue weighted by atomic mass is 35.5. The lowest BCUT2D eigenvalue weighted by atomic mass is 10.0. The molecule has 0 saturated carbocycles. The lowest BCUT2D eigenvalue weighted by Crippen LogP contribution is -2.53. The van der Waals surface area contributed by atoms with Gasteiger partial charge in [-0.05, 0) is 39.0 Å². The van der Waals surface area contributed by atoms with E-state index < -0.39 is 0 Å². The number of hydrogen-bond donors (Lipinski definition) is 1. The van der Waals surface area contributed by atoms with E-state index in [1.807, 2.05) is 18.2 Å². The smallest absolute Gasteiger partial charge is 0.0660 e. The second-order valence-corrected chi connectivity index (χ2v) is 6.26. The third-order valence-corrected chi connectivity index (χ3v) is 3.84. The predicted octanol–water partition coefficient (Wildman–Crippen LogP) is 2.84. The maximum absolute atomic E-state index is 6.25. The molecule has 1 aromatic carbocycles. The zero-order valence-electron chi connectivity index (χ0n) is 11.4. The van der Waals surface area contributed by atoms with Gasteiger partial charge in [-0.15, -0.1) is 0 Å². The molecule has 1 saturated heterocycles. The van der Waals surface area contributed by atoms with Gasteiger partial charge < -0.3 is 10.6 Å². The zero-order valence-corrected chi connectivity index (χ0v) is 12.2. The molecule has 0 bridgehead atoms. The van der Waals surface area contributed by atoms with Crippen LogP contribution in [0.15, 0.2) is 18.2 Å². The summed E-state index contributed by atoms with van der Waals surface area (Å²) in [5.74, 6) is 0. The molecule has 2 N–H and O–H groups in total. The molecular weight excluding hydrogens is 246 g/mol. The highest BCUT2D eigenvalue weighted by Crippen LogP contribution is 2.29. The Morgan fingerprint density at radius 2 is 1.72 bits per heavy atom. The van der Waals surface area contributed by atoms with Crippen molar-refractivity contribution < 1.29 is 0 Å². The molecule has 0 unspecified atom stereocenters. The van der Waals surface area contributed by atoms with Crippen LogP contribution in [0.25, 0.3) is 0 Å². The summed E-state index contributed by atoms with van der Waals surface area (Å²) in [6, 6.07) is 5.76. The van der Waals surface area contributed by atoms with Crippen molar-refractivity contribution in [3.8, 4) is 0 Å². The molecule has 4 heteroatoms. The lowest BCUT2D eigenvalue weighted by Gasteiger charge is -2.43. The molecule has 1 aromatic rings. The van der Waals surface area contributed by atoms with Gasteiger partial charge in [0.15, 0.2) is 0 Å². The van der Waals surface area contributed by atoms with Crippen LogP contribution in [0.5, 0.6) is 0 Å². The Hall–Kier alpha value is -0.930. The highest BCUT2D eigenvalue weighted by Gasteiger charge is 2.26. The molecule has 3 nitrogen and oxygen atoms in total. The van der Waals surface area contributed by atoms with Crippen molar-refractivity contribution >= 4 is 23.0 Å². The van der Waals surface area contributed by atoms with Crippen LogP contribution in [0.4, 0.5) is 11.4 Å². The molecule has 1 aliphatic rings. The van der Waals surface area contributed by atoms with Gasteiger partial charge in [-0.2, -0.15) is 0 Å². The summed E-state index contributed by atoms with van der Waals surface area (Å²) in [7, 11) is 0. The summed E-state index contributed by atoms with van der Waals surface area (Å²) in [5.41, 5.74) is 7.79. The van der Waals surface area contributed by atoms with E-state index in [-0.39, 0.29) is 5.54 Å². The van der Waals surface area contributed by atoms with Gasteiger partial charge in [0.1, 0.15) is 0 Å². The van der Waals surface area contributed by atoms with E-state index in [1.165, 1.54) is 0 Å². The Balaban J connectivity index is 2.06. The topological polar surface area (TPSA) is 32.5 Å².